The van der Waals surface area contributed by atoms with Gasteiger partial charge in [-0.15, -0.1) is 0 Å². The largest absolute Gasteiger partial charge is 0.344 e. The van der Waals surface area contributed by atoms with Crippen LogP contribution in [0.25, 0.3) is 6.08 Å². The van der Waals surface area contributed by atoms with Crippen LogP contribution in [0.15, 0.2) is 72.4 Å². The lowest BCUT2D eigenvalue weighted by Gasteiger charge is -2.26. The molecule has 0 bridgehead atoms. The van der Waals surface area contributed by atoms with Crippen molar-refractivity contribution >= 4 is 29.6 Å². The molecule has 0 unspecified atom stereocenters. The second-order valence-electron chi connectivity index (χ2n) is 8.35. The topological polar surface area (TPSA) is 71.4 Å². The summed E-state index contributed by atoms with van der Waals surface area (Å²) in [6.45, 7) is 6.89. The van der Waals surface area contributed by atoms with Crippen molar-refractivity contribution in [3.8, 4) is 0 Å². The van der Waals surface area contributed by atoms with E-state index in [0.29, 0.717) is 23.8 Å². The molecule has 3 aromatic rings. The second kappa shape index (κ2) is 9.28. The fourth-order valence-electron chi connectivity index (χ4n) is 3.90. The summed E-state index contributed by atoms with van der Waals surface area (Å²) < 4.78 is 1.97. The lowest BCUT2D eigenvalue weighted by atomic mass is 9.98. The predicted octanol–water partition coefficient (Wildman–Crippen LogP) is 5.02. The third kappa shape index (κ3) is 4.51. The molecule has 1 fully saturated rings. The number of nitrogens with zero attached hydrogens (tertiary/aromatic N) is 2. The third-order valence-corrected chi connectivity index (χ3v) is 6.19. The Morgan fingerprint density at radius 3 is 2.39 bits per heavy atom. The Labute approximate surface area is 193 Å². The molecule has 1 aliphatic heterocycles. The molecule has 4 rings (SSSR count). The number of benzene rings is 2. The highest BCUT2D eigenvalue weighted by Crippen LogP contribution is 2.26. The summed E-state index contributed by atoms with van der Waals surface area (Å²) in [5.41, 5.74) is 4.49. The highest BCUT2D eigenvalue weighted by atomic mass is 16.2. The molecule has 168 valence electrons. The molecule has 1 aromatic heterocycles. The van der Waals surface area contributed by atoms with Crippen LogP contribution in [0.4, 0.5) is 10.5 Å². The molecule has 33 heavy (non-hydrogen) atoms. The van der Waals surface area contributed by atoms with Crippen molar-refractivity contribution in [1.82, 2.24) is 9.88 Å². The number of aromatic nitrogens is 1. The van der Waals surface area contributed by atoms with Gasteiger partial charge in [-0.25, -0.2) is 9.69 Å². The summed E-state index contributed by atoms with van der Waals surface area (Å²) >= 11 is 0. The van der Waals surface area contributed by atoms with Gasteiger partial charge in [0.15, 0.2) is 0 Å². The average molecular weight is 442 g/mol. The first-order valence-corrected chi connectivity index (χ1v) is 11.1. The highest BCUT2D eigenvalue weighted by molar-refractivity contribution is 6.39. The Bertz CT molecular complexity index is 1240. The molecule has 4 amide bonds. The number of carbonyl (C=O) groups excluding carboxylic acids is 3. The van der Waals surface area contributed by atoms with Gasteiger partial charge in [0, 0.05) is 18.4 Å². The Kier molecular flexibility index (Phi) is 6.27. The van der Waals surface area contributed by atoms with E-state index in [4.69, 9.17) is 0 Å². The van der Waals surface area contributed by atoms with Gasteiger partial charge >= 0.3 is 6.03 Å². The van der Waals surface area contributed by atoms with Crippen LogP contribution >= 0.6 is 0 Å². The van der Waals surface area contributed by atoms with E-state index in [1.165, 1.54) is 0 Å². The van der Waals surface area contributed by atoms with Crippen LogP contribution in [0, 0.1) is 6.92 Å². The Morgan fingerprint density at radius 1 is 0.970 bits per heavy atom. The number of anilines is 1. The summed E-state index contributed by atoms with van der Waals surface area (Å²) in [4.78, 5) is 39.3. The van der Waals surface area contributed by atoms with Gasteiger partial charge in [0.2, 0.25) is 0 Å². The lowest BCUT2D eigenvalue weighted by molar-refractivity contribution is -0.122. The smallest absolute Gasteiger partial charge is 0.335 e. The van der Waals surface area contributed by atoms with Crippen molar-refractivity contribution in [3.05, 3.63) is 94.8 Å². The zero-order valence-electron chi connectivity index (χ0n) is 19.0. The molecule has 6 nitrogen and oxygen atoms in total. The van der Waals surface area contributed by atoms with Gasteiger partial charge in [0.1, 0.15) is 5.57 Å². The zero-order chi connectivity index (χ0) is 23.5. The fourth-order valence-corrected chi connectivity index (χ4v) is 3.90. The van der Waals surface area contributed by atoms with Crippen molar-refractivity contribution in [2.75, 3.05) is 4.90 Å². The Balaban J connectivity index is 1.64. The second-order valence-corrected chi connectivity index (χ2v) is 8.35. The van der Waals surface area contributed by atoms with E-state index >= 15 is 0 Å². The first-order chi connectivity index (χ1) is 15.9. The first kappa shape index (κ1) is 22.3. The van der Waals surface area contributed by atoms with E-state index in [1.54, 1.807) is 18.2 Å². The molecular formula is C27H27N3O3. The van der Waals surface area contributed by atoms with Crippen molar-refractivity contribution < 1.29 is 14.4 Å². The number of carbonyl (C=O) groups is 3. The van der Waals surface area contributed by atoms with Crippen LogP contribution in [0.3, 0.4) is 0 Å². The van der Waals surface area contributed by atoms with Gasteiger partial charge in [-0.3, -0.25) is 14.9 Å². The van der Waals surface area contributed by atoms with Crippen LogP contribution in [0.5, 0.6) is 0 Å². The van der Waals surface area contributed by atoms with Gasteiger partial charge in [0.05, 0.1) is 5.69 Å². The normalized spacial score (nSPS) is 16.3. The average Bonchev–Trinajstić information content (AvgIpc) is 3.24. The molecule has 0 radical (unpaired) electrons. The molecule has 6 heteroatoms. The van der Waals surface area contributed by atoms with E-state index in [-0.39, 0.29) is 5.57 Å². The summed E-state index contributed by atoms with van der Waals surface area (Å²) in [7, 11) is 0. The van der Waals surface area contributed by atoms with Crippen LogP contribution in [-0.4, -0.2) is 22.4 Å². The van der Waals surface area contributed by atoms with Gasteiger partial charge in [-0.05, 0) is 66.3 Å². The van der Waals surface area contributed by atoms with Crippen molar-refractivity contribution in [1.29, 1.82) is 0 Å². The van der Waals surface area contributed by atoms with Crippen molar-refractivity contribution in [2.45, 2.75) is 39.7 Å². The van der Waals surface area contributed by atoms with Crippen LogP contribution in [0.1, 0.15) is 48.6 Å². The van der Waals surface area contributed by atoms with Crippen LogP contribution in [0.2, 0.25) is 0 Å². The standard InChI is InChI=1S/C27H27N3O3/c1-4-18(2)20-11-13-22(14-12-20)30-26(32)24(25(31)28-27(30)33)16-23-10-7-15-29(23)17-21-9-6-5-8-19(21)3/h5-16,18H,4,17H2,1-3H3,(H,28,31,33)/b24-16+/t18-/m1/s1. The molecule has 1 atom stereocenters. The molecule has 1 aliphatic rings. The molecule has 1 saturated heterocycles. The monoisotopic (exact) mass is 441 g/mol. The van der Waals surface area contributed by atoms with Crippen LogP contribution in [-0.2, 0) is 16.1 Å². The van der Waals surface area contributed by atoms with Crippen molar-refractivity contribution in [2.24, 2.45) is 0 Å². The van der Waals surface area contributed by atoms with E-state index in [0.717, 1.165) is 28.0 Å². The molecule has 2 heterocycles. The molecule has 0 spiro atoms. The van der Waals surface area contributed by atoms with Gasteiger partial charge in [0.25, 0.3) is 11.8 Å². The number of amides is 4. The zero-order valence-corrected chi connectivity index (χ0v) is 19.0. The molecule has 1 N–H and O–H groups in total. The first-order valence-electron chi connectivity index (χ1n) is 11.1. The third-order valence-electron chi connectivity index (χ3n) is 6.19. The maximum absolute atomic E-state index is 13.2. The predicted molar refractivity (Wildman–Crippen MR) is 129 cm³/mol. The summed E-state index contributed by atoms with van der Waals surface area (Å²) in [6.07, 6.45) is 4.44. The minimum absolute atomic E-state index is 0.0784. The number of urea groups is 1. The molecule has 2 aromatic carbocycles. The molecular weight excluding hydrogens is 414 g/mol. The minimum atomic E-state index is -0.742. The summed E-state index contributed by atoms with van der Waals surface area (Å²) in [6, 6.07) is 18.4. The maximum atomic E-state index is 13.2. The Hall–Kier alpha value is -3.93. The number of nitrogens with one attached hydrogen (secondary N) is 1. The van der Waals surface area contributed by atoms with E-state index < -0.39 is 17.8 Å². The van der Waals surface area contributed by atoms with E-state index in [2.05, 4.69) is 19.2 Å². The van der Waals surface area contributed by atoms with Gasteiger partial charge < -0.3 is 4.57 Å². The molecule has 0 saturated carbocycles. The number of hydrogen-bond donors (Lipinski definition) is 1. The summed E-state index contributed by atoms with van der Waals surface area (Å²) in [5.74, 6) is -0.951. The van der Waals surface area contributed by atoms with E-state index in [9.17, 15) is 14.4 Å². The minimum Gasteiger partial charge on any atom is -0.344 e. The quantitative estimate of drug-likeness (QED) is 0.431. The highest BCUT2D eigenvalue weighted by Gasteiger charge is 2.37. The number of hydrogen-bond acceptors (Lipinski definition) is 3. The number of barbiturate groups is 1. The fraction of sp³-hybridized carbons (Fsp3) is 0.222. The summed E-state index contributed by atoms with van der Waals surface area (Å²) in [5, 5.41) is 2.30. The van der Waals surface area contributed by atoms with Crippen molar-refractivity contribution in [3.63, 3.8) is 0 Å². The van der Waals surface area contributed by atoms with E-state index in [1.807, 2.05) is 66.2 Å². The number of rotatable bonds is 6. The lowest BCUT2D eigenvalue weighted by Crippen LogP contribution is -2.54. The maximum Gasteiger partial charge on any atom is 0.335 e. The molecule has 0 aliphatic carbocycles. The number of aryl methyl sites for hydroxylation is 1. The van der Waals surface area contributed by atoms with Crippen LogP contribution < -0.4 is 10.2 Å². The van der Waals surface area contributed by atoms with Gasteiger partial charge in [-0.1, -0.05) is 50.2 Å². The van der Waals surface area contributed by atoms with Gasteiger partial charge in [-0.2, -0.15) is 0 Å². The number of imide groups is 2. The SMILES string of the molecule is CC[C@@H](C)c1ccc(N2C(=O)NC(=O)/C(=C\c3cccn3Cc3ccccc3C)C2=O)cc1. The Morgan fingerprint density at radius 2 is 1.70 bits per heavy atom.